The van der Waals surface area contributed by atoms with Crippen molar-refractivity contribution in [3.8, 4) is 0 Å². The topological polar surface area (TPSA) is 0 Å². The third kappa shape index (κ3) is 1.85. The normalized spacial score (nSPS) is 36.2. The molecule has 1 rings (SSSR count). The van der Waals surface area contributed by atoms with Crippen molar-refractivity contribution in [2.24, 2.45) is 11.8 Å². The summed E-state index contributed by atoms with van der Waals surface area (Å²) in [7, 11) is 0. The Hall–Kier alpha value is -0.260. The third-order valence-corrected chi connectivity index (χ3v) is 2.37. The van der Waals surface area contributed by atoms with Crippen molar-refractivity contribution in [3.63, 3.8) is 0 Å². The van der Waals surface area contributed by atoms with E-state index in [0.717, 1.165) is 11.8 Å². The largest absolute Gasteiger partial charge is 0.0883 e. The van der Waals surface area contributed by atoms with Crippen molar-refractivity contribution in [2.45, 2.75) is 33.1 Å². The Labute approximate surface area is 58.0 Å². The fraction of sp³-hybridized carbons (Fsp3) is 0.778. The molecule has 0 radical (unpaired) electrons. The Kier molecular flexibility index (Phi) is 2.32. The lowest BCUT2D eigenvalue weighted by Crippen LogP contribution is -2.02. The quantitative estimate of drug-likeness (QED) is 0.435. The van der Waals surface area contributed by atoms with Gasteiger partial charge in [-0.1, -0.05) is 26.0 Å². The maximum Gasteiger partial charge on any atom is -0.0236 e. The summed E-state index contributed by atoms with van der Waals surface area (Å²) < 4.78 is 0. The van der Waals surface area contributed by atoms with Gasteiger partial charge in [0.25, 0.3) is 0 Å². The molecule has 0 nitrogen and oxygen atoms in total. The summed E-state index contributed by atoms with van der Waals surface area (Å²) in [6.45, 7) is 4.66. The van der Waals surface area contributed by atoms with Crippen molar-refractivity contribution in [1.82, 2.24) is 0 Å². The zero-order chi connectivity index (χ0) is 6.69. The minimum Gasteiger partial charge on any atom is -0.0883 e. The van der Waals surface area contributed by atoms with Crippen LogP contribution in [0.25, 0.3) is 0 Å². The molecule has 0 saturated heterocycles. The Bertz CT molecular complexity index is 103. The van der Waals surface area contributed by atoms with E-state index in [0.29, 0.717) is 0 Å². The monoisotopic (exact) mass is 124 g/mol. The van der Waals surface area contributed by atoms with Crippen LogP contribution in [0.15, 0.2) is 12.2 Å². The molecular formula is C9H16. The van der Waals surface area contributed by atoms with E-state index < -0.39 is 0 Å². The average molecular weight is 124 g/mol. The van der Waals surface area contributed by atoms with Crippen LogP contribution in [0.1, 0.15) is 33.1 Å². The predicted octanol–water partition coefficient (Wildman–Crippen LogP) is 3.00. The van der Waals surface area contributed by atoms with Gasteiger partial charge in [0.05, 0.1) is 0 Å². The van der Waals surface area contributed by atoms with E-state index in [9.17, 15) is 0 Å². The summed E-state index contributed by atoms with van der Waals surface area (Å²) in [5, 5.41) is 0. The molecule has 52 valence electrons. The van der Waals surface area contributed by atoms with Crippen molar-refractivity contribution < 1.29 is 0 Å². The van der Waals surface area contributed by atoms with Gasteiger partial charge in [0.15, 0.2) is 0 Å². The van der Waals surface area contributed by atoms with Crippen molar-refractivity contribution >= 4 is 0 Å². The van der Waals surface area contributed by atoms with Gasteiger partial charge in [-0.05, 0) is 31.1 Å². The first-order valence-electron chi connectivity index (χ1n) is 3.97. The molecule has 0 aliphatic heterocycles. The molecule has 0 aromatic carbocycles. The summed E-state index contributed by atoms with van der Waals surface area (Å²) >= 11 is 0. The number of allylic oxidation sites excluding steroid dienone is 2. The molecule has 0 aromatic rings. The van der Waals surface area contributed by atoms with Crippen LogP contribution in [-0.4, -0.2) is 0 Å². The minimum atomic E-state index is 0.812. The average Bonchev–Trinajstić information content (AvgIpc) is 1.99. The second-order valence-electron chi connectivity index (χ2n) is 3.20. The maximum atomic E-state index is 2.36. The van der Waals surface area contributed by atoms with E-state index >= 15 is 0 Å². The van der Waals surface area contributed by atoms with Gasteiger partial charge in [-0.15, -0.1) is 0 Å². The Morgan fingerprint density at radius 2 is 2.11 bits per heavy atom. The van der Waals surface area contributed by atoms with E-state index in [4.69, 9.17) is 0 Å². The summed E-state index contributed by atoms with van der Waals surface area (Å²) in [5.41, 5.74) is 0. The fourth-order valence-corrected chi connectivity index (χ4v) is 1.32. The smallest absolute Gasteiger partial charge is 0.0236 e. The Morgan fingerprint density at radius 3 is 2.89 bits per heavy atom. The van der Waals surface area contributed by atoms with E-state index in [-0.39, 0.29) is 0 Å². The van der Waals surface area contributed by atoms with Crippen molar-refractivity contribution in [2.75, 3.05) is 0 Å². The Morgan fingerprint density at radius 1 is 1.33 bits per heavy atom. The Balaban J connectivity index is 2.46. The van der Waals surface area contributed by atoms with Crippen LogP contribution in [0.5, 0.6) is 0 Å². The van der Waals surface area contributed by atoms with Crippen LogP contribution < -0.4 is 0 Å². The molecule has 0 aromatic heterocycles. The lowest BCUT2D eigenvalue weighted by atomic mass is 9.93. The second kappa shape index (κ2) is 3.05. The zero-order valence-corrected chi connectivity index (χ0v) is 6.43. The molecule has 0 heteroatoms. The summed E-state index contributed by atoms with van der Waals surface area (Å²) in [6, 6.07) is 0. The molecule has 0 fully saturated rings. The predicted molar refractivity (Wildman–Crippen MR) is 41.3 cm³/mol. The van der Waals surface area contributed by atoms with Gasteiger partial charge in [-0.3, -0.25) is 0 Å². The lowest BCUT2D eigenvalue weighted by Gasteiger charge is -2.12. The molecule has 0 N–H and O–H groups in total. The van der Waals surface area contributed by atoms with Gasteiger partial charge >= 0.3 is 0 Å². The summed E-state index contributed by atoms with van der Waals surface area (Å²) in [6.07, 6.45) is 8.79. The highest BCUT2D eigenvalue weighted by molar-refractivity contribution is 4.91. The van der Waals surface area contributed by atoms with Crippen molar-refractivity contribution in [3.05, 3.63) is 12.2 Å². The molecule has 2 atom stereocenters. The van der Waals surface area contributed by atoms with Gasteiger partial charge < -0.3 is 0 Å². The molecule has 0 bridgehead atoms. The van der Waals surface area contributed by atoms with E-state index in [1.54, 1.807) is 0 Å². The highest BCUT2D eigenvalue weighted by atomic mass is 14.2. The molecule has 1 aliphatic carbocycles. The summed E-state index contributed by atoms with van der Waals surface area (Å²) in [5.74, 6) is 1.72. The lowest BCUT2D eigenvalue weighted by molar-refractivity contribution is 0.428. The summed E-state index contributed by atoms with van der Waals surface area (Å²) in [4.78, 5) is 0. The van der Waals surface area contributed by atoms with Gasteiger partial charge in [-0.2, -0.15) is 0 Å². The minimum absolute atomic E-state index is 0.812. The van der Waals surface area contributed by atoms with Crippen molar-refractivity contribution in [1.29, 1.82) is 0 Å². The number of hydrogen-bond donors (Lipinski definition) is 0. The zero-order valence-electron chi connectivity index (χ0n) is 6.43. The van der Waals surface area contributed by atoms with Gasteiger partial charge in [0.1, 0.15) is 0 Å². The van der Waals surface area contributed by atoms with Gasteiger partial charge in [0.2, 0.25) is 0 Å². The first kappa shape index (κ1) is 6.85. The van der Waals surface area contributed by atoms with Crippen LogP contribution >= 0.6 is 0 Å². The standard InChI is InChI=1S/C9H16/c1-8-6-4-3-5-7-9(8)2/h4,6,8-9H,3,5,7H2,1-2H3. The number of hydrogen-bond acceptors (Lipinski definition) is 0. The van der Waals surface area contributed by atoms with Crippen LogP contribution in [0.4, 0.5) is 0 Å². The third-order valence-electron chi connectivity index (χ3n) is 2.37. The van der Waals surface area contributed by atoms with Crippen LogP contribution in [0.2, 0.25) is 0 Å². The number of rotatable bonds is 0. The highest BCUT2D eigenvalue weighted by Crippen LogP contribution is 2.22. The van der Waals surface area contributed by atoms with Gasteiger partial charge in [0, 0.05) is 0 Å². The van der Waals surface area contributed by atoms with E-state index in [1.165, 1.54) is 19.3 Å². The second-order valence-corrected chi connectivity index (χ2v) is 3.20. The maximum absolute atomic E-state index is 2.36. The first-order chi connectivity index (χ1) is 4.30. The van der Waals surface area contributed by atoms with Crippen LogP contribution in [0, 0.1) is 11.8 Å². The van der Waals surface area contributed by atoms with Crippen LogP contribution in [-0.2, 0) is 0 Å². The van der Waals surface area contributed by atoms with Crippen LogP contribution in [0.3, 0.4) is 0 Å². The molecule has 2 unspecified atom stereocenters. The fourth-order valence-electron chi connectivity index (χ4n) is 1.32. The highest BCUT2D eigenvalue weighted by Gasteiger charge is 2.09. The first-order valence-corrected chi connectivity index (χ1v) is 3.97. The molecular weight excluding hydrogens is 108 g/mol. The molecule has 0 amide bonds. The molecule has 1 aliphatic rings. The van der Waals surface area contributed by atoms with Gasteiger partial charge in [-0.25, -0.2) is 0 Å². The molecule has 9 heavy (non-hydrogen) atoms. The molecule has 0 heterocycles. The van der Waals surface area contributed by atoms with E-state index in [2.05, 4.69) is 26.0 Å². The molecule has 0 saturated carbocycles. The SMILES string of the molecule is CC1C=CCCCC1C. The van der Waals surface area contributed by atoms with E-state index in [1.807, 2.05) is 0 Å². The molecule has 0 spiro atoms.